The number of nitrogens with one attached hydrogen (secondary N) is 1. The van der Waals surface area contributed by atoms with E-state index >= 15 is 0 Å². The van der Waals surface area contributed by atoms with E-state index in [1.165, 1.54) is 28.9 Å². The molecule has 0 aromatic heterocycles. The molecule has 0 aliphatic heterocycles. The van der Waals surface area contributed by atoms with Gasteiger partial charge in [0.25, 0.3) is 0 Å². The summed E-state index contributed by atoms with van der Waals surface area (Å²) in [6.07, 6.45) is 5.68. The van der Waals surface area contributed by atoms with Crippen LogP contribution in [-0.2, 0) is 6.42 Å². The van der Waals surface area contributed by atoms with Gasteiger partial charge in [0.2, 0.25) is 0 Å². The van der Waals surface area contributed by atoms with Crippen LogP contribution >= 0.6 is 11.8 Å². The van der Waals surface area contributed by atoms with Crippen molar-refractivity contribution in [2.45, 2.75) is 37.1 Å². The van der Waals surface area contributed by atoms with Gasteiger partial charge >= 0.3 is 0 Å². The zero-order valence-electron chi connectivity index (χ0n) is 13.0. The highest BCUT2D eigenvalue weighted by Gasteiger charge is 2.09. The third-order valence-electron chi connectivity index (χ3n) is 3.77. The highest BCUT2D eigenvalue weighted by atomic mass is 32.2. The number of hydrogen-bond donors (Lipinski definition) is 1. The van der Waals surface area contributed by atoms with Crippen molar-refractivity contribution in [3.8, 4) is 0 Å². The van der Waals surface area contributed by atoms with Crippen LogP contribution in [0.3, 0.4) is 0 Å². The van der Waals surface area contributed by atoms with Crippen LogP contribution in [0.2, 0.25) is 0 Å². The van der Waals surface area contributed by atoms with E-state index in [2.05, 4.69) is 73.1 Å². The Bertz CT molecular complexity index is 507. The van der Waals surface area contributed by atoms with Gasteiger partial charge in [-0.2, -0.15) is 0 Å². The van der Waals surface area contributed by atoms with Crippen LogP contribution < -0.4 is 5.32 Å². The maximum Gasteiger partial charge on any atom is 0.0320 e. The van der Waals surface area contributed by atoms with Crippen LogP contribution in [0, 0.1) is 0 Å². The number of benzene rings is 2. The molecule has 2 heteroatoms. The molecule has 21 heavy (non-hydrogen) atoms. The summed E-state index contributed by atoms with van der Waals surface area (Å²) in [5, 5.41) is 3.62. The maximum atomic E-state index is 3.62. The molecule has 1 nitrogen and oxygen atoms in total. The molecule has 0 saturated carbocycles. The summed E-state index contributed by atoms with van der Waals surface area (Å²) in [7, 11) is 0. The smallest absolute Gasteiger partial charge is 0.0320 e. The van der Waals surface area contributed by atoms with Gasteiger partial charge in [-0.25, -0.2) is 0 Å². The number of aryl methyl sites for hydroxylation is 1. The average Bonchev–Trinajstić information content (AvgIpc) is 2.55. The minimum atomic E-state index is 0.467. The number of rotatable bonds is 8. The quantitative estimate of drug-likeness (QED) is 0.682. The molecule has 1 unspecified atom stereocenters. The van der Waals surface area contributed by atoms with Crippen LogP contribution in [0.25, 0.3) is 0 Å². The van der Waals surface area contributed by atoms with E-state index in [-0.39, 0.29) is 0 Å². The first kappa shape index (κ1) is 16.1. The molecule has 0 bridgehead atoms. The first-order valence-corrected chi connectivity index (χ1v) is 8.97. The second kappa shape index (κ2) is 8.91. The summed E-state index contributed by atoms with van der Waals surface area (Å²) in [5.41, 5.74) is 2.84. The lowest BCUT2D eigenvalue weighted by Crippen LogP contribution is -2.21. The van der Waals surface area contributed by atoms with E-state index in [0.29, 0.717) is 6.04 Å². The second-order valence-corrected chi connectivity index (χ2v) is 6.14. The Kier molecular flexibility index (Phi) is 6.84. The standard InChI is InChI=1S/C19H25NS/c1-3-20-19(17-12-14-18(21-2)15-13-17)11-7-10-16-8-5-4-6-9-16/h4-6,8-9,12-15,19-20H,3,7,10-11H2,1-2H3. The lowest BCUT2D eigenvalue weighted by molar-refractivity contribution is 0.498. The number of hydrogen-bond acceptors (Lipinski definition) is 2. The molecule has 0 aliphatic carbocycles. The van der Waals surface area contributed by atoms with Crippen LogP contribution in [0.15, 0.2) is 59.5 Å². The van der Waals surface area contributed by atoms with Crippen LogP contribution in [0.1, 0.15) is 36.9 Å². The van der Waals surface area contributed by atoms with Gasteiger partial charge in [0, 0.05) is 10.9 Å². The van der Waals surface area contributed by atoms with Gasteiger partial charge in [-0.1, -0.05) is 49.4 Å². The summed E-state index contributed by atoms with van der Waals surface area (Å²) >= 11 is 1.80. The van der Waals surface area contributed by atoms with Crippen molar-refractivity contribution in [1.29, 1.82) is 0 Å². The van der Waals surface area contributed by atoms with Gasteiger partial charge in [0.1, 0.15) is 0 Å². The molecule has 0 fully saturated rings. The van der Waals surface area contributed by atoms with Gasteiger partial charge in [0.15, 0.2) is 0 Å². The molecule has 0 heterocycles. The molecule has 0 saturated heterocycles. The Labute approximate surface area is 133 Å². The molecule has 0 amide bonds. The van der Waals surface area contributed by atoms with Crippen molar-refractivity contribution in [3.63, 3.8) is 0 Å². The third-order valence-corrected chi connectivity index (χ3v) is 4.51. The molecule has 2 aromatic carbocycles. The Hall–Kier alpha value is -1.25. The molecule has 0 spiro atoms. The number of thioether (sulfide) groups is 1. The molecule has 1 N–H and O–H groups in total. The van der Waals surface area contributed by atoms with Gasteiger partial charge in [-0.3, -0.25) is 0 Å². The summed E-state index contributed by atoms with van der Waals surface area (Å²) in [6, 6.07) is 20.2. The molecule has 1 atom stereocenters. The molecule has 2 aromatic rings. The highest BCUT2D eigenvalue weighted by molar-refractivity contribution is 7.98. The van der Waals surface area contributed by atoms with E-state index in [4.69, 9.17) is 0 Å². The van der Waals surface area contributed by atoms with Gasteiger partial charge in [0.05, 0.1) is 0 Å². The lowest BCUT2D eigenvalue weighted by Gasteiger charge is -2.18. The molecule has 2 rings (SSSR count). The summed E-state index contributed by atoms with van der Waals surface area (Å²) in [6.45, 7) is 3.20. The SMILES string of the molecule is CCNC(CCCc1ccccc1)c1ccc(SC)cc1. The van der Waals surface area contributed by atoms with Crippen molar-refractivity contribution in [2.75, 3.05) is 12.8 Å². The zero-order chi connectivity index (χ0) is 14.9. The fraction of sp³-hybridized carbons (Fsp3) is 0.368. The predicted octanol–water partition coefficient (Wildman–Crippen LogP) is 5.08. The van der Waals surface area contributed by atoms with Crippen molar-refractivity contribution in [2.24, 2.45) is 0 Å². The van der Waals surface area contributed by atoms with Gasteiger partial charge < -0.3 is 5.32 Å². The summed E-state index contributed by atoms with van der Waals surface area (Å²) in [5.74, 6) is 0. The molecule has 0 radical (unpaired) electrons. The van der Waals surface area contributed by atoms with E-state index < -0.39 is 0 Å². The minimum absolute atomic E-state index is 0.467. The van der Waals surface area contributed by atoms with Gasteiger partial charge in [-0.15, -0.1) is 11.8 Å². The van der Waals surface area contributed by atoms with Crippen molar-refractivity contribution in [1.82, 2.24) is 5.32 Å². The van der Waals surface area contributed by atoms with E-state index in [1.807, 2.05) is 0 Å². The molecule has 112 valence electrons. The maximum absolute atomic E-state index is 3.62. The van der Waals surface area contributed by atoms with Crippen molar-refractivity contribution >= 4 is 11.8 Å². The first-order valence-electron chi connectivity index (χ1n) is 7.74. The Morgan fingerprint density at radius 1 is 1.00 bits per heavy atom. The zero-order valence-corrected chi connectivity index (χ0v) is 13.8. The van der Waals surface area contributed by atoms with Crippen LogP contribution in [0.4, 0.5) is 0 Å². The Morgan fingerprint density at radius 3 is 2.33 bits per heavy atom. The average molecular weight is 299 g/mol. The van der Waals surface area contributed by atoms with Gasteiger partial charge in [-0.05, 0) is 55.3 Å². The molecular formula is C19H25NS. The second-order valence-electron chi connectivity index (χ2n) is 5.26. The minimum Gasteiger partial charge on any atom is -0.310 e. The van der Waals surface area contributed by atoms with E-state index in [9.17, 15) is 0 Å². The fourth-order valence-corrected chi connectivity index (χ4v) is 3.03. The Morgan fingerprint density at radius 2 is 1.71 bits per heavy atom. The molecule has 0 aliphatic rings. The summed E-state index contributed by atoms with van der Waals surface area (Å²) < 4.78 is 0. The monoisotopic (exact) mass is 299 g/mol. The van der Waals surface area contributed by atoms with E-state index in [0.717, 1.165) is 13.0 Å². The third kappa shape index (κ3) is 5.22. The van der Waals surface area contributed by atoms with E-state index in [1.54, 1.807) is 11.8 Å². The topological polar surface area (TPSA) is 12.0 Å². The highest BCUT2D eigenvalue weighted by Crippen LogP contribution is 2.23. The Balaban J connectivity index is 1.91. The fourth-order valence-electron chi connectivity index (χ4n) is 2.62. The van der Waals surface area contributed by atoms with Crippen LogP contribution in [-0.4, -0.2) is 12.8 Å². The lowest BCUT2D eigenvalue weighted by atomic mass is 9.99. The molecular weight excluding hydrogens is 274 g/mol. The van der Waals surface area contributed by atoms with Crippen molar-refractivity contribution < 1.29 is 0 Å². The van der Waals surface area contributed by atoms with Crippen LogP contribution in [0.5, 0.6) is 0 Å². The predicted molar refractivity (Wildman–Crippen MR) is 94.0 cm³/mol. The summed E-state index contributed by atoms with van der Waals surface area (Å²) in [4.78, 5) is 1.33. The normalized spacial score (nSPS) is 12.3. The largest absolute Gasteiger partial charge is 0.310 e. The first-order chi connectivity index (χ1) is 10.3. The van der Waals surface area contributed by atoms with Crippen molar-refractivity contribution in [3.05, 3.63) is 65.7 Å².